The van der Waals surface area contributed by atoms with Gasteiger partial charge in [0.25, 0.3) is 0 Å². The van der Waals surface area contributed by atoms with Gasteiger partial charge in [0.1, 0.15) is 0 Å². The summed E-state index contributed by atoms with van der Waals surface area (Å²) in [5.41, 5.74) is 0. The fourth-order valence-electron chi connectivity index (χ4n) is 2.53. The minimum Gasteiger partial charge on any atom is -0.362 e. The summed E-state index contributed by atoms with van der Waals surface area (Å²) in [5, 5.41) is 4.20. The van der Waals surface area contributed by atoms with Crippen LogP contribution in [0.5, 0.6) is 0 Å². The van der Waals surface area contributed by atoms with Crippen LogP contribution in [-0.2, 0) is 0 Å². The van der Waals surface area contributed by atoms with E-state index in [4.69, 9.17) is 12.2 Å². The van der Waals surface area contributed by atoms with Crippen LogP contribution in [0.3, 0.4) is 0 Å². The number of rotatable bonds is 5. The second-order valence-electron chi connectivity index (χ2n) is 5.57. The van der Waals surface area contributed by atoms with Crippen molar-refractivity contribution in [2.75, 3.05) is 43.4 Å². The van der Waals surface area contributed by atoms with E-state index in [1.807, 2.05) is 17.8 Å². The summed E-state index contributed by atoms with van der Waals surface area (Å²) in [6.07, 6.45) is 3.57. The maximum absolute atomic E-state index is 5.53. The zero-order chi connectivity index (χ0) is 17.5. The number of halogens is 1. The van der Waals surface area contributed by atoms with Crippen molar-refractivity contribution in [3.05, 3.63) is 47.2 Å². The van der Waals surface area contributed by atoms with Crippen LogP contribution in [0.4, 0.5) is 5.95 Å². The van der Waals surface area contributed by atoms with Gasteiger partial charge in [0.2, 0.25) is 5.95 Å². The minimum absolute atomic E-state index is 0.779. The maximum Gasteiger partial charge on any atom is 0.225 e. The summed E-state index contributed by atoms with van der Waals surface area (Å²) in [7, 11) is 0. The first-order chi connectivity index (χ1) is 12.2. The molecule has 0 atom stereocenters. The number of nitrogens with one attached hydrogen (secondary N) is 1. The Hall–Kier alpha value is -1.38. The Morgan fingerprint density at radius 1 is 1.12 bits per heavy atom. The van der Waals surface area contributed by atoms with E-state index < -0.39 is 0 Å². The van der Waals surface area contributed by atoms with Crippen LogP contribution < -0.4 is 10.2 Å². The molecular formula is C17H20BrN5S2. The summed E-state index contributed by atoms with van der Waals surface area (Å²) in [4.78, 5) is 14.4. The minimum atomic E-state index is 0.779. The van der Waals surface area contributed by atoms with Crippen molar-refractivity contribution in [2.24, 2.45) is 0 Å². The molecule has 0 radical (unpaired) electrons. The largest absolute Gasteiger partial charge is 0.362 e. The van der Waals surface area contributed by atoms with Crippen LogP contribution >= 0.6 is 39.9 Å². The van der Waals surface area contributed by atoms with Gasteiger partial charge in [0.05, 0.1) is 4.47 Å². The molecule has 3 rings (SSSR count). The Labute approximate surface area is 166 Å². The summed E-state index contributed by atoms with van der Waals surface area (Å²) in [6.45, 7) is 4.40. The number of hydrogen-bond acceptors (Lipinski definition) is 5. The number of thiocarbonyl (C=S) groups is 1. The quantitative estimate of drug-likeness (QED) is 0.437. The highest BCUT2D eigenvalue weighted by molar-refractivity contribution is 9.10. The smallest absolute Gasteiger partial charge is 0.225 e. The number of anilines is 1. The molecule has 2 heterocycles. The van der Waals surface area contributed by atoms with Crippen molar-refractivity contribution in [2.45, 2.75) is 4.90 Å². The highest BCUT2D eigenvalue weighted by Crippen LogP contribution is 2.16. The van der Waals surface area contributed by atoms with Gasteiger partial charge in [0, 0.05) is 55.8 Å². The predicted octanol–water partition coefficient (Wildman–Crippen LogP) is 3.03. The van der Waals surface area contributed by atoms with Crippen molar-refractivity contribution in [3.8, 4) is 0 Å². The van der Waals surface area contributed by atoms with Crippen LogP contribution in [0.25, 0.3) is 0 Å². The van der Waals surface area contributed by atoms with Gasteiger partial charge in [-0.25, -0.2) is 9.97 Å². The molecule has 132 valence electrons. The molecule has 0 saturated carbocycles. The highest BCUT2D eigenvalue weighted by atomic mass is 79.9. The van der Waals surface area contributed by atoms with E-state index in [0.29, 0.717) is 0 Å². The van der Waals surface area contributed by atoms with E-state index in [9.17, 15) is 0 Å². The SMILES string of the molecule is S=C(NCCSc1ccccc1)N1CCN(c2ncc(Br)cn2)CC1. The highest BCUT2D eigenvalue weighted by Gasteiger charge is 2.20. The van der Waals surface area contributed by atoms with E-state index >= 15 is 0 Å². The molecule has 5 nitrogen and oxygen atoms in total. The summed E-state index contributed by atoms with van der Waals surface area (Å²) in [6, 6.07) is 10.4. The van der Waals surface area contributed by atoms with E-state index in [2.05, 4.69) is 65.3 Å². The topological polar surface area (TPSA) is 44.3 Å². The molecule has 1 aliphatic heterocycles. The van der Waals surface area contributed by atoms with Gasteiger partial charge in [-0.2, -0.15) is 0 Å². The van der Waals surface area contributed by atoms with Crippen LogP contribution in [-0.4, -0.2) is 58.5 Å². The van der Waals surface area contributed by atoms with E-state index in [0.717, 1.165) is 54.0 Å². The zero-order valence-corrected chi connectivity index (χ0v) is 17.0. The van der Waals surface area contributed by atoms with E-state index in [1.165, 1.54) is 4.90 Å². The first-order valence-corrected chi connectivity index (χ1v) is 10.3. The molecule has 0 unspecified atom stereocenters. The first kappa shape index (κ1) is 18.4. The molecule has 1 aromatic carbocycles. The number of aromatic nitrogens is 2. The molecule has 0 amide bonds. The van der Waals surface area contributed by atoms with Crippen molar-refractivity contribution in [1.29, 1.82) is 0 Å². The van der Waals surface area contributed by atoms with Crippen LogP contribution in [0.1, 0.15) is 0 Å². The fourth-order valence-corrected chi connectivity index (χ4v) is 3.81. The Kier molecular flexibility index (Phi) is 6.89. The molecule has 1 aliphatic rings. The molecule has 0 bridgehead atoms. The monoisotopic (exact) mass is 437 g/mol. The molecule has 0 aliphatic carbocycles. The first-order valence-electron chi connectivity index (χ1n) is 8.15. The second kappa shape index (κ2) is 9.35. The molecule has 0 spiro atoms. The van der Waals surface area contributed by atoms with Crippen molar-refractivity contribution in [3.63, 3.8) is 0 Å². The lowest BCUT2D eigenvalue weighted by atomic mass is 10.3. The number of hydrogen-bond donors (Lipinski definition) is 1. The van der Waals surface area contributed by atoms with E-state index in [-0.39, 0.29) is 0 Å². The third-order valence-corrected chi connectivity index (χ3v) is 5.67. The molecule has 8 heteroatoms. The second-order valence-corrected chi connectivity index (χ2v) is 8.04. The molecule has 1 N–H and O–H groups in total. The Morgan fingerprint density at radius 3 is 2.48 bits per heavy atom. The third-order valence-electron chi connectivity index (χ3n) is 3.85. The predicted molar refractivity (Wildman–Crippen MR) is 111 cm³/mol. The third kappa shape index (κ3) is 5.55. The average Bonchev–Trinajstić information content (AvgIpc) is 2.67. The van der Waals surface area contributed by atoms with Gasteiger partial charge in [-0.1, -0.05) is 18.2 Å². The fraction of sp³-hybridized carbons (Fsp3) is 0.353. The Balaban J connectivity index is 1.37. The number of piperazine rings is 1. The number of benzene rings is 1. The molecule has 2 aromatic rings. The van der Waals surface area contributed by atoms with Crippen molar-refractivity contribution >= 4 is 51.0 Å². The zero-order valence-electron chi connectivity index (χ0n) is 13.8. The summed E-state index contributed by atoms with van der Waals surface area (Å²) < 4.78 is 0.897. The van der Waals surface area contributed by atoms with Crippen LogP contribution in [0.15, 0.2) is 52.1 Å². The van der Waals surface area contributed by atoms with Gasteiger partial charge in [-0.05, 0) is 40.3 Å². The van der Waals surface area contributed by atoms with Gasteiger partial charge < -0.3 is 15.1 Å². The lowest BCUT2D eigenvalue weighted by molar-refractivity contribution is 0.378. The standard InChI is InChI=1S/C17H20BrN5S2/c18-14-12-20-16(21-13-14)22-7-9-23(10-8-22)17(24)19-6-11-25-15-4-2-1-3-5-15/h1-5,12-13H,6-11H2,(H,19,24). The summed E-state index contributed by atoms with van der Waals surface area (Å²) >= 11 is 10.7. The molecular weight excluding hydrogens is 418 g/mol. The summed E-state index contributed by atoms with van der Waals surface area (Å²) in [5.74, 6) is 1.78. The molecule has 25 heavy (non-hydrogen) atoms. The number of thioether (sulfide) groups is 1. The Bertz CT molecular complexity index is 675. The normalized spacial score (nSPS) is 14.4. The van der Waals surface area contributed by atoms with Gasteiger partial charge in [0.15, 0.2) is 5.11 Å². The van der Waals surface area contributed by atoms with Gasteiger partial charge in [-0.15, -0.1) is 11.8 Å². The average molecular weight is 438 g/mol. The van der Waals surface area contributed by atoms with Gasteiger partial charge in [-0.3, -0.25) is 0 Å². The van der Waals surface area contributed by atoms with Crippen LogP contribution in [0, 0.1) is 0 Å². The van der Waals surface area contributed by atoms with Crippen molar-refractivity contribution in [1.82, 2.24) is 20.2 Å². The molecule has 1 saturated heterocycles. The van der Waals surface area contributed by atoms with Gasteiger partial charge >= 0.3 is 0 Å². The van der Waals surface area contributed by atoms with Crippen molar-refractivity contribution < 1.29 is 0 Å². The molecule has 1 aromatic heterocycles. The lowest BCUT2D eigenvalue weighted by Gasteiger charge is -2.36. The lowest BCUT2D eigenvalue weighted by Crippen LogP contribution is -2.52. The van der Waals surface area contributed by atoms with Crippen LogP contribution in [0.2, 0.25) is 0 Å². The van der Waals surface area contributed by atoms with E-state index in [1.54, 1.807) is 12.4 Å². The number of nitrogens with zero attached hydrogens (tertiary/aromatic N) is 4. The Morgan fingerprint density at radius 2 is 1.80 bits per heavy atom. The maximum atomic E-state index is 5.53. The molecule has 1 fully saturated rings.